The Bertz CT molecular complexity index is 1140. The summed E-state index contributed by atoms with van der Waals surface area (Å²) in [5, 5.41) is 2.47. The first-order valence-corrected chi connectivity index (χ1v) is 9.31. The van der Waals surface area contributed by atoms with Crippen molar-refractivity contribution in [3.05, 3.63) is 53.1 Å². The molecule has 28 heavy (non-hydrogen) atoms. The lowest BCUT2D eigenvalue weighted by Crippen LogP contribution is -2.17. The van der Waals surface area contributed by atoms with E-state index in [4.69, 9.17) is 9.15 Å². The summed E-state index contributed by atoms with van der Waals surface area (Å²) in [4.78, 5) is 27.4. The van der Waals surface area contributed by atoms with Crippen LogP contribution in [-0.4, -0.2) is 22.2 Å². The minimum absolute atomic E-state index is 0.136. The highest BCUT2D eigenvalue weighted by atomic mass is 32.2. The van der Waals surface area contributed by atoms with Crippen LogP contribution >= 0.6 is 11.8 Å². The lowest BCUT2D eigenvalue weighted by atomic mass is 10.1. The minimum atomic E-state index is -0.477. The maximum atomic E-state index is 14.4. The molecule has 3 heterocycles. The number of carbonyl (C=O) groups excluding carboxylic acids is 2. The number of aromatic nitrogens is 1. The van der Waals surface area contributed by atoms with Gasteiger partial charge in [0.2, 0.25) is 0 Å². The summed E-state index contributed by atoms with van der Waals surface area (Å²) in [6.45, 7) is 3.65. The van der Waals surface area contributed by atoms with Gasteiger partial charge in [0.15, 0.2) is 11.6 Å². The Morgan fingerprint density at radius 3 is 2.75 bits per heavy atom. The van der Waals surface area contributed by atoms with Crippen molar-refractivity contribution in [3.63, 3.8) is 0 Å². The highest BCUT2D eigenvalue weighted by Crippen LogP contribution is 2.34. The Balaban J connectivity index is 1.74. The van der Waals surface area contributed by atoms with E-state index >= 15 is 0 Å². The molecule has 1 aliphatic heterocycles. The van der Waals surface area contributed by atoms with Gasteiger partial charge in [0.25, 0.3) is 11.1 Å². The number of nitrogens with zero attached hydrogens (tertiary/aromatic N) is 1. The van der Waals surface area contributed by atoms with Crippen molar-refractivity contribution in [1.29, 1.82) is 0 Å². The van der Waals surface area contributed by atoms with Gasteiger partial charge in [0.05, 0.1) is 11.0 Å². The van der Waals surface area contributed by atoms with Crippen molar-refractivity contribution in [3.8, 4) is 16.9 Å². The molecule has 0 radical (unpaired) electrons. The van der Waals surface area contributed by atoms with Crippen molar-refractivity contribution in [2.45, 2.75) is 20.0 Å². The van der Waals surface area contributed by atoms with Crippen LogP contribution in [0, 0.1) is 5.82 Å². The highest BCUT2D eigenvalue weighted by molar-refractivity contribution is 8.18. The van der Waals surface area contributed by atoms with Crippen LogP contribution in [0.25, 0.3) is 28.2 Å². The van der Waals surface area contributed by atoms with Gasteiger partial charge >= 0.3 is 0 Å². The number of halogens is 1. The molecule has 0 spiro atoms. The van der Waals surface area contributed by atoms with E-state index in [1.54, 1.807) is 30.6 Å². The SMILES string of the molecule is CC(C)Oc1ccc(-c2cncc3cc(/C=C4/SC(=O)NC4=O)oc23)cc1F. The number of thioether (sulfide) groups is 1. The van der Waals surface area contributed by atoms with Gasteiger partial charge in [-0.15, -0.1) is 0 Å². The summed E-state index contributed by atoms with van der Waals surface area (Å²) in [7, 11) is 0. The number of amides is 2. The number of hydrogen-bond acceptors (Lipinski definition) is 6. The number of benzene rings is 1. The Kier molecular flexibility index (Phi) is 4.64. The zero-order valence-electron chi connectivity index (χ0n) is 15.0. The van der Waals surface area contributed by atoms with Gasteiger partial charge < -0.3 is 9.15 Å². The first kappa shape index (κ1) is 18.2. The van der Waals surface area contributed by atoms with Gasteiger partial charge in [0, 0.05) is 29.4 Å². The van der Waals surface area contributed by atoms with Crippen LogP contribution in [0.1, 0.15) is 19.6 Å². The largest absolute Gasteiger partial charge is 0.488 e. The molecular formula is C20H15FN2O4S. The Hall–Kier alpha value is -3.13. The van der Waals surface area contributed by atoms with E-state index in [-0.39, 0.29) is 16.8 Å². The molecule has 0 unspecified atom stereocenters. The maximum Gasteiger partial charge on any atom is 0.290 e. The molecule has 1 aliphatic rings. The summed E-state index contributed by atoms with van der Waals surface area (Å²) in [6.07, 6.45) is 4.56. The van der Waals surface area contributed by atoms with Crippen LogP contribution in [0.5, 0.6) is 5.75 Å². The van der Waals surface area contributed by atoms with Crippen LogP contribution in [0.3, 0.4) is 0 Å². The quantitative estimate of drug-likeness (QED) is 0.639. The predicted octanol–water partition coefficient (Wildman–Crippen LogP) is 4.75. The molecule has 0 atom stereocenters. The maximum absolute atomic E-state index is 14.4. The van der Waals surface area contributed by atoms with Crippen molar-refractivity contribution in [2.24, 2.45) is 0 Å². The predicted molar refractivity (Wildman–Crippen MR) is 104 cm³/mol. The normalized spacial score (nSPS) is 15.6. The van der Waals surface area contributed by atoms with Gasteiger partial charge in [-0.05, 0) is 49.4 Å². The Labute approximate surface area is 163 Å². The van der Waals surface area contributed by atoms with Crippen molar-refractivity contribution >= 4 is 40.0 Å². The fourth-order valence-corrected chi connectivity index (χ4v) is 3.49. The third-order valence-electron chi connectivity index (χ3n) is 3.96. The molecule has 8 heteroatoms. The molecule has 1 aromatic carbocycles. The second kappa shape index (κ2) is 7.12. The molecule has 1 N–H and O–H groups in total. The third-order valence-corrected chi connectivity index (χ3v) is 4.77. The number of nitrogens with one attached hydrogen (secondary N) is 1. The lowest BCUT2D eigenvalue weighted by Gasteiger charge is -2.11. The second-order valence-corrected chi connectivity index (χ2v) is 7.43. The van der Waals surface area contributed by atoms with E-state index in [1.165, 1.54) is 12.1 Å². The number of carbonyl (C=O) groups is 2. The fourth-order valence-electron chi connectivity index (χ4n) is 2.83. The molecule has 2 amide bonds. The third kappa shape index (κ3) is 3.50. The minimum Gasteiger partial charge on any atom is -0.488 e. The van der Waals surface area contributed by atoms with Crippen LogP contribution in [0.15, 0.2) is 46.0 Å². The topological polar surface area (TPSA) is 81.4 Å². The van der Waals surface area contributed by atoms with E-state index in [0.29, 0.717) is 27.9 Å². The summed E-state index contributed by atoms with van der Waals surface area (Å²) >= 11 is 0.810. The molecule has 3 aromatic rings. The fraction of sp³-hybridized carbons (Fsp3) is 0.150. The molecule has 0 bridgehead atoms. The van der Waals surface area contributed by atoms with Gasteiger partial charge in [0.1, 0.15) is 11.3 Å². The second-order valence-electron chi connectivity index (χ2n) is 6.42. The van der Waals surface area contributed by atoms with E-state index in [2.05, 4.69) is 10.3 Å². The molecule has 0 saturated carbocycles. The van der Waals surface area contributed by atoms with Crippen molar-refractivity contribution in [2.75, 3.05) is 0 Å². The standard InChI is InChI=1S/C20H15FN2O4S/c1-10(2)26-16-4-3-11(6-15(16)21)14-9-22-8-12-5-13(27-18(12)14)7-17-19(24)23-20(25)28-17/h3-10H,1-2H3,(H,23,24,25)/b17-7+. The molecule has 1 fully saturated rings. The van der Waals surface area contributed by atoms with Crippen LogP contribution < -0.4 is 10.1 Å². The first-order chi connectivity index (χ1) is 13.4. The van der Waals surface area contributed by atoms with E-state index in [9.17, 15) is 14.0 Å². The van der Waals surface area contributed by atoms with Gasteiger partial charge in [-0.1, -0.05) is 6.07 Å². The Morgan fingerprint density at radius 1 is 1.25 bits per heavy atom. The average Bonchev–Trinajstić information content (AvgIpc) is 3.18. The number of fused-ring (bicyclic) bond motifs is 1. The first-order valence-electron chi connectivity index (χ1n) is 8.49. The molecular weight excluding hydrogens is 383 g/mol. The van der Waals surface area contributed by atoms with Crippen molar-refractivity contribution < 1.29 is 23.1 Å². The number of hydrogen-bond donors (Lipinski definition) is 1. The van der Waals surface area contributed by atoms with Crippen LogP contribution in [0.2, 0.25) is 0 Å². The van der Waals surface area contributed by atoms with Gasteiger partial charge in [-0.25, -0.2) is 4.39 Å². The summed E-state index contributed by atoms with van der Waals surface area (Å²) in [5.41, 5.74) is 1.70. The zero-order chi connectivity index (χ0) is 19.8. The molecule has 142 valence electrons. The number of furan rings is 1. The van der Waals surface area contributed by atoms with E-state index in [0.717, 1.165) is 11.8 Å². The van der Waals surface area contributed by atoms with E-state index in [1.807, 2.05) is 13.8 Å². The monoisotopic (exact) mass is 398 g/mol. The van der Waals surface area contributed by atoms with Crippen molar-refractivity contribution in [1.82, 2.24) is 10.3 Å². The Morgan fingerprint density at radius 2 is 2.07 bits per heavy atom. The highest BCUT2D eigenvalue weighted by Gasteiger charge is 2.25. The number of pyridine rings is 1. The molecule has 0 aliphatic carbocycles. The summed E-state index contributed by atoms with van der Waals surface area (Å²) in [5.74, 6) is -0.360. The molecule has 1 saturated heterocycles. The number of imide groups is 1. The zero-order valence-corrected chi connectivity index (χ0v) is 15.8. The summed E-state index contributed by atoms with van der Waals surface area (Å²) in [6, 6.07) is 6.38. The smallest absolute Gasteiger partial charge is 0.290 e. The number of ether oxygens (including phenoxy) is 1. The average molecular weight is 398 g/mol. The van der Waals surface area contributed by atoms with Crippen LogP contribution in [-0.2, 0) is 4.79 Å². The molecule has 4 rings (SSSR count). The lowest BCUT2D eigenvalue weighted by molar-refractivity contribution is -0.115. The van der Waals surface area contributed by atoms with Gasteiger partial charge in [-0.3, -0.25) is 19.9 Å². The van der Waals surface area contributed by atoms with E-state index < -0.39 is 17.0 Å². The number of rotatable bonds is 4. The van der Waals surface area contributed by atoms with Gasteiger partial charge in [-0.2, -0.15) is 0 Å². The van der Waals surface area contributed by atoms with Crippen LogP contribution in [0.4, 0.5) is 9.18 Å². The summed E-state index contributed by atoms with van der Waals surface area (Å²) < 4.78 is 25.7. The molecule has 6 nitrogen and oxygen atoms in total. The molecule has 2 aromatic heterocycles.